The first kappa shape index (κ1) is 12.9. The number of phenolic OH excluding ortho intramolecular Hbond substituents is 1. The number of phenols is 1. The Kier molecular flexibility index (Phi) is 4.24. The van der Waals surface area contributed by atoms with Gasteiger partial charge in [0.05, 0.1) is 5.69 Å². The number of anilines is 1. The van der Waals surface area contributed by atoms with E-state index in [0.717, 1.165) is 49.9 Å². The van der Waals surface area contributed by atoms with Crippen LogP contribution in [0.3, 0.4) is 0 Å². The SMILES string of the molecule is CCCCCC(=O)N1CCCc2cccc(O)c21. The van der Waals surface area contributed by atoms with Crippen molar-refractivity contribution in [3.8, 4) is 5.75 Å². The van der Waals surface area contributed by atoms with Crippen molar-refractivity contribution < 1.29 is 9.90 Å². The van der Waals surface area contributed by atoms with Crippen molar-refractivity contribution in [3.05, 3.63) is 23.8 Å². The molecular formula is C15H21NO2. The lowest BCUT2D eigenvalue weighted by atomic mass is 10.0. The first-order valence-corrected chi connectivity index (χ1v) is 6.85. The van der Waals surface area contributed by atoms with Gasteiger partial charge >= 0.3 is 0 Å². The molecule has 0 fully saturated rings. The van der Waals surface area contributed by atoms with Crippen LogP contribution in [0.15, 0.2) is 18.2 Å². The fraction of sp³-hybridized carbons (Fsp3) is 0.533. The van der Waals surface area contributed by atoms with E-state index in [0.29, 0.717) is 6.42 Å². The zero-order valence-electron chi connectivity index (χ0n) is 11.0. The molecule has 0 spiro atoms. The number of aromatic hydroxyl groups is 1. The van der Waals surface area contributed by atoms with Gasteiger partial charge in [0.2, 0.25) is 5.91 Å². The quantitative estimate of drug-likeness (QED) is 0.830. The van der Waals surface area contributed by atoms with Crippen molar-refractivity contribution in [1.82, 2.24) is 0 Å². The second kappa shape index (κ2) is 5.89. The van der Waals surface area contributed by atoms with Crippen LogP contribution < -0.4 is 4.90 Å². The Morgan fingerprint density at radius 3 is 3.00 bits per heavy atom. The minimum Gasteiger partial charge on any atom is -0.506 e. The Balaban J connectivity index is 2.14. The number of unbranched alkanes of at least 4 members (excludes halogenated alkanes) is 2. The maximum absolute atomic E-state index is 12.2. The van der Waals surface area contributed by atoms with E-state index in [9.17, 15) is 9.90 Å². The lowest BCUT2D eigenvalue weighted by molar-refractivity contribution is -0.118. The molecule has 0 saturated heterocycles. The van der Waals surface area contributed by atoms with Crippen LogP contribution in [0.1, 0.15) is 44.6 Å². The Bertz CT molecular complexity index is 429. The van der Waals surface area contributed by atoms with E-state index >= 15 is 0 Å². The predicted molar refractivity (Wildman–Crippen MR) is 72.9 cm³/mol. The molecule has 0 aromatic heterocycles. The third-order valence-corrected chi connectivity index (χ3v) is 3.49. The predicted octanol–water partition coefficient (Wildman–Crippen LogP) is 3.25. The Morgan fingerprint density at radius 2 is 2.22 bits per heavy atom. The average molecular weight is 247 g/mol. The normalized spacial score (nSPS) is 14.4. The molecule has 1 amide bonds. The van der Waals surface area contributed by atoms with E-state index in [1.165, 1.54) is 0 Å². The largest absolute Gasteiger partial charge is 0.506 e. The monoisotopic (exact) mass is 247 g/mol. The van der Waals surface area contributed by atoms with Crippen molar-refractivity contribution in [2.75, 3.05) is 11.4 Å². The second-order valence-corrected chi connectivity index (χ2v) is 4.89. The Morgan fingerprint density at radius 1 is 1.39 bits per heavy atom. The molecule has 3 nitrogen and oxygen atoms in total. The molecule has 1 aliphatic rings. The molecule has 2 rings (SSSR count). The van der Waals surface area contributed by atoms with Gasteiger partial charge in [-0.2, -0.15) is 0 Å². The van der Waals surface area contributed by atoms with Crippen LogP contribution >= 0.6 is 0 Å². The van der Waals surface area contributed by atoms with Gasteiger partial charge in [-0.15, -0.1) is 0 Å². The molecule has 3 heteroatoms. The summed E-state index contributed by atoms with van der Waals surface area (Å²) in [6, 6.07) is 5.51. The van der Waals surface area contributed by atoms with E-state index in [1.54, 1.807) is 11.0 Å². The van der Waals surface area contributed by atoms with Crippen molar-refractivity contribution in [1.29, 1.82) is 0 Å². The fourth-order valence-corrected chi connectivity index (χ4v) is 2.54. The summed E-state index contributed by atoms with van der Waals surface area (Å²) in [5, 5.41) is 9.95. The molecule has 0 atom stereocenters. The van der Waals surface area contributed by atoms with E-state index in [4.69, 9.17) is 0 Å². The summed E-state index contributed by atoms with van der Waals surface area (Å²) >= 11 is 0. The molecule has 0 unspecified atom stereocenters. The van der Waals surface area contributed by atoms with Gasteiger partial charge in [0.25, 0.3) is 0 Å². The van der Waals surface area contributed by atoms with E-state index in [2.05, 4.69) is 6.92 Å². The summed E-state index contributed by atoms with van der Waals surface area (Å²) in [6.45, 7) is 2.86. The average Bonchev–Trinajstić information content (AvgIpc) is 2.38. The number of benzene rings is 1. The molecule has 0 aliphatic carbocycles. The third kappa shape index (κ3) is 2.66. The summed E-state index contributed by atoms with van der Waals surface area (Å²) in [6.07, 6.45) is 5.66. The van der Waals surface area contributed by atoms with E-state index < -0.39 is 0 Å². The molecule has 0 radical (unpaired) electrons. The lowest BCUT2D eigenvalue weighted by Crippen LogP contribution is -2.35. The third-order valence-electron chi connectivity index (χ3n) is 3.49. The molecule has 1 aromatic carbocycles. The molecular weight excluding hydrogens is 226 g/mol. The van der Waals surface area contributed by atoms with Gasteiger partial charge < -0.3 is 10.0 Å². The van der Waals surface area contributed by atoms with Crippen LogP contribution in [-0.2, 0) is 11.2 Å². The van der Waals surface area contributed by atoms with Crippen LogP contribution in [0, 0.1) is 0 Å². The van der Waals surface area contributed by atoms with Crippen LogP contribution in [-0.4, -0.2) is 17.6 Å². The number of hydrogen-bond donors (Lipinski definition) is 1. The van der Waals surface area contributed by atoms with Gasteiger partial charge in [-0.25, -0.2) is 0 Å². The number of amides is 1. The second-order valence-electron chi connectivity index (χ2n) is 4.89. The Hall–Kier alpha value is -1.51. The van der Waals surface area contributed by atoms with Crippen LogP contribution in [0.25, 0.3) is 0 Å². The van der Waals surface area contributed by atoms with Crippen molar-refractivity contribution >= 4 is 11.6 Å². The highest BCUT2D eigenvalue weighted by Crippen LogP contribution is 2.35. The number of hydrogen-bond acceptors (Lipinski definition) is 2. The maximum Gasteiger partial charge on any atom is 0.227 e. The zero-order valence-corrected chi connectivity index (χ0v) is 11.0. The first-order chi connectivity index (χ1) is 8.74. The number of rotatable bonds is 4. The van der Waals surface area contributed by atoms with E-state index in [-0.39, 0.29) is 11.7 Å². The molecule has 98 valence electrons. The van der Waals surface area contributed by atoms with E-state index in [1.807, 2.05) is 12.1 Å². The van der Waals surface area contributed by atoms with Gasteiger partial charge in [-0.05, 0) is 30.9 Å². The number of carbonyl (C=O) groups excluding carboxylic acids is 1. The van der Waals surface area contributed by atoms with Gasteiger partial charge in [-0.3, -0.25) is 4.79 Å². The van der Waals surface area contributed by atoms with Crippen molar-refractivity contribution in [2.24, 2.45) is 0 Å². The van der Waals surface area contributed by atoms with Gasteiger partial charge in [0.1, 0.15) is 5.75 Å². The molecule has 0 saturated carbocycles. The lowest BCUT2D eigenvalue weighted by Gasteiger charge is -2.30. The summed E-state index contributed by atoms with van der Waals surface area (Å²) < 4.78 is 0. The highest BCUT2D eigenvalue weighted by Gasteiger charge is 2.24. The van der Waals surface area contributed by atoms with Gasteiger partial charge in [0.15, 0.2) is 0 Å². The van der Waals surface area contributed by atoms with Crippen LogP contribution in [0.2, 0.25) is 0 Å². The number of carbonyl (C=O) groups is 1. The summed E-state index contributed by atoms with van der Waals surface area (Å²) in [5.74, 6) is 0.377. The Labute approximate surface area is 108 Å². The van der Waals surface area contributed by atoms with Crippen LogP contribution in [0.5, 0.6) is 5.75 Å². The number of para-hydroxylation sites is 1. The topological polar surface area (TPSA) is 40.5 Å². The molecule has 1 N–H and O–H groups in total. The minimum atomic E-state index is 0.144. The summed E-state index contributed by atoms with van der Waals surface area (Å²) in [4.78, 5) is 14.0. The fourth-order valence-electron chi connectivity index (χ4n) is 2.54. The highest BCUT2D eigenvalue weighted by molar-refractivity contribution is 5.96. The number of nitrogens with zero attached hydrogens (tertiary/aromatic N) is 1. The molecule has 1 aliphatic heterocycles. The van der Waals surface area contributed by atoms with Crippen LogP contribution in [0.4, 0.5) is 5.69 Å². The highest BCUT2D eigenvalue weighted by atomic mass is 16.3. The first-order valence-electron chi connectivity index (χ1n) is 6.85. The molecule has 0 bridgehead atoms. The van der Waals surface area contributed by atoms with Gasteiger partial charge in [0, 0.05) is 13.0 Å². The molecule has 18 heavy (non-hydrogen) atoms. The summed E-state index contributed by atoms with van der Waals surface area (Å²) in [7, 11) is 0. The molecule has 1 heterocycles. The smallest absolute Gasteiger partial charge is 0.227 e. The van der Waals surface area contributed by atoms with Crippen molar-refractivity contribution in [3.63, 3.8) is 0 Å². The standard InChI is InChI=1S/C15H21NO2/c1-2-3-4-10-14(18)16-11-6-8-12-7-5-9-13(17)15(12)16/h5,7,9,17H,2-4,6,8,10-11H2,1H3. The minimum absolute atomic E-state index is 0.144. The zero-order chi connectivity index (χ0) is 13.0. The number of fused-ring (bicyclic) bond motifs is 1. The number of aryl methyl sites for hydroxylation is 1. The van der Waals surface area contributed by atoms with Gasteiger partial charge in [-0.1, -0.05) is 31.9 Å². The molecule has 1 aromatic rings. The van der Waals surface area contributed by atoms with Crippen molar-refractivity contribution in [2.45, 2.75) is 45.4 Å². The summed E-state index contributed by atoms with van der Waals surface area (Å²) in [5.41, 5.74) is 1.83. The maximum atomic E-state index is 12.2.